The summed E-state index contributed by atoms with van der Waals surface area (Å²) in [6.07, 6.45) is 69.5. The van der Waals surface area contributed by atoms with Gasteiger partial charge in [-0.05, 0) is 19.3 Å². The zero-order valence-corrected chi connectivity index (χ0v) is 42.0. The molecule has 0 spiro atoms. The predicted octanol–water partition coefficient (Wildman–Crippen LogP) is 18.5. The van der Waals surface area contributed by atoms with E-state index in [1.54, 1.807) is 6.08 Å². The highest BCUT2D eigenvalue weighted by Crippen LogP contribution is 2.18. The summed E-state index contributed by atoms with van der Waals surface area (Å²) in [5.41, 5.74) is 0. The van der Waals surface area contributed by atoms with Gasteiger partial charge in [0.15, 0.2) is 0 Å². The molecule has 3 N–H and O–H groups in total. The second-order valence-corrected chi connectivity index (χ2v) is 19.7. The SMILES string of the molecule is CCCCCCCCCCCCCCCCCCCCCCC/C=C/C(O)C(CO)NC(=O)CCCCCCCCCCCCCCCCCCCCCCCCCCCC. The number of unbranched alkanes of at least 4 members (excludes halogenated alkanes) is 46. The van der Waals surface area contributed by atoms with E-state index in [0.717, 1.165) is 25.7 Å². The van der Waals surface area contributed by atoms with Crippen molar-refractivity contribution in [3.8, 4) is 0 Å². The molecule has 0 saturated carbocycles. The third kappa shape index (κ3) is 50.0. The van der Waals surface area contributed by atoms with Crippen LogP contribution in [0.5, 0.6) is 0 Å². The van der Waals surface area contributed by atoms with Crippen molar-refractivity contribution in [2.24, 2.45) is 0 Å². The number of carbonyl (C=O) groups is 1. The minimum absolute atomic E-state index is 0.0554. The Balaban J connectivity index is 3.44. The van der Waals surface area contributed by atoms with Gasteiger partial charge in [0.2, 0.25) is 5.91 Å². The first-order chi connectivity index (χ1) is 30.2. The maximum atomic E-state index is 12.5. The number of amides is 1. The van der Waals surface area contributed by atoms with Crippen molar-refractivity contribution in [2.75, 3.05) is 6.61 Å². The molecular formula is C57H113NO3. The summed E-state index contributed by atoms with van der Waals surface area (Å²) in [5, 5.41) is 23.2. The summed E-state index contributed by atoms with van der Waals surface area (Å²) in [7, 11) is 0. The van der Waals surface area contributed by atoms with Crippen LogP contribution in [0.15, 0.2) is 12.2 Å². The molecule has 0 fully saturated rings. The molecular weight excluding hydrogens is 747 g/mol. The fourth-order valence-corrected chi connectivity index (χ4v) is 9.18. The summed E-state index contributed by atoms with van der Waals surface area (Å²) in [6, 6.07) is -0.618. The zero-order valence-electron chi connectivity index (χ0n) is 42.0. The van der Waals surface area contributed by atoms with Gasteiger partial charge in [-0.25, -0.2) is 0 Å². The Hall–Kier alpha value is -0.870. The van der Waals surface area contributed by atoms with Gasteiger partial charge < -0.3 is 15.5 Å². The fraction of sp³-hybridized carbons (Fsp3) is 0.947. The molecule has 0 rings (SSSR count). The molecule has 61 heavy (non-hydrogen) atoms. The Morgan fingerprint density at radius 2 is 0.607 bits per heavy atom. The van der Waals surface area contributed by atoms with E-state index in [1.807, 2.05) is 6.08 Å². The lowest BCUT2D eigenvalue weighted by molar-refractivity contribution is -0.123. The van der Waals surface area contributed by atoms with Crippen LogP contribution in [0, 0.1) is 0 Å². The summed E-state index contributed by atoms with van der Waals surface area (Å²) >= 11 is 0. The molecule has 0 radical (unpaired) electrons. The maximum Gasteiger partial charge on any atom is 0.220 e. The van der Waals surface area contributed by atoms with Crippen LogP contribution >= 0.6 is 0 Å². The second kappa shape index (κ2) is 53.5. The monoisotopic (exact) mass is 860 g/mol. The molecule has 2 unspecified atom stereocenters. The van der Waals surface area contributed by atoms with Crippen LogP contribution in [0.4, 0.5) is 0 Å². The Morgan fingerprint density at radius 1 is 0.377 bits per heavy atom. The predicted molar refractivity (Wildman–Crippen MR) is 272 cm³/mol. The zero-order chi connectivity index (χ0) is 44.2. The average Bonchev–Trinajstić information content (AvgIpc) is 3.26. The summed E-state index contributed by atoms with van der Waals surface area (Å²) in [6.45, 7) is 4.36. The Labute approximate surface area is 384 Å². The van der Waals surface area contributed by atoms with Gasteiger partial charge in [-0.3, -0.25) is 4.79 Å². The molecule has 0 bridgehead atoms. The van der Waals surface area contributed by atoms with Gasteiger partial charge in [0.1, 0.15) is 0 Å². The van der Waals surface area contributed by atoms with Crippen LogP contribution in [-0.2, 0) is 4.79 Å². The number of hydrogen-bond donors (Lipinski definition) is 3. The van der Waals surface area contributed by atoms with E-state index < -0.39 is 12.1 Å². The Bertz CT molecular complexity index is 844. The third-order valence-electron chi connectivity index (χ3n) is 13.5. The number of nitrogens with one attached hydrogen (secondary N) is 1. The first-order valence-electron chi connectivity index (χ1n) is 28.4. The normalized spacial score (nSPS) is 12.8. The van der Waals surface area contributed by atoms with Gasteiger partial charge in [-0.15, -0.1) is 0 Å². The molecule has 1 amide bonds. The Kier molecular flexibility index (Phi) is 52.7. The van der Waals surface area contributed by atoms with Crippen LogP contribution in [0.1, 0.15) is 328 Å². The summed E-state index contributed by atoms with van der Waals surface area (Å²) in [5.74, 6) is -0.0554. The molecule has 0 aromatic carbocycles. The minimum Gasteiger partial charge on any atom is -0.394 e. The molecule has 0 aliphatic rings. The lowest BCUT2D eigenvalue weighted by atomic mass is 10.0. The molecule has 0 heterocycles. The molecule has 364 valence electrons. The van der Waals surface area contributed by atoms with Crippen molar-refractivity contribution in [1.82, 2.24) is 5.32 Å². The van der Waals surface area contributed by atoms with Crippen molar-refractivity contribution < 1.29 is 15.0 Å². The highest BCUT2D eigenvalue weighted by atomic mass is 16.3. The van der Waals surface area contributed by atoms with Crippen molar-refractivity contribution in [1.29, 1.82) is 0 Å². The number of aliphatic hydroxyl groups excluding tert-OH is 2. The molecule has 0 aliphatic carbocycles. The van der Waals surface area contributed by atoms with Gasteiger partial charge >= 0.3 is 0 Å². The van der Waals surface area contributed by atoms with Crippen LogP contribution in [0.2, 0.25) is 0 Å². The lowest BCUT2D eigenvalue weighted by Gasteiger charge is -2.20. The van der Waals surface area contributed by atoms with Crippen LogP contribution < -0.4 is 5.32 Å². The molecule has 0 aromatic rings. The van der Waals surface area contributed by atoms with E-state index in [9.17, 15) is 15.0 Å². The van der Waals surface area contributed by atoms with E-state index >= 15 is 0 Å². The van der Waals surface area contributed by atoms with Crippen LogP contribution in [-0.4, -0.2) is 34.9 Å². The number of allylic oxidation sites excluding steroid dienone is 1. The second-order valence-electron chi connectivity index (χ2n) is 19.7. The molecule has 0 aromatic heterocycles. The van der Waals surface area contributed by atoms with Gasteiger partial charge in [0, 0.05) is 6.42 Å². The standard InChI is InChI=1S/C57H113NO3/c1-3-5-7-9-11-13-15-17-19-21-23-25-27-28-29-31-33-35-37-39-41-43-45-47-49-51-53-57(61)58-55(54-59)56(60)52-50-48-46-44-42-40-38-36-34-32-30-26-24-22-20-18-16-14-12-10-8-6-4-2/h50,52,55-56,59-60H,3-49,51,53-54H2,1-2H3,(H,58,61)/b52-50+. The maximum absolute atomic E-state index is 12.5. The highest BCUT2D eigenvalue weighted by molar-refractivity contribution is 5.76. The quantitative estimate of drug-likeness (QED) is 0.0421. The van der Waals surface area contributed by atoms with Gasteiger partial charge in [-0.2, -0.15) is 0 Å². The molecule has 4 nitrogen and oxygen atoms in total. The largest absolute Gasteiger partial charge is 0.394 e. The van der Waals surface area contributed by atoms with E-state index in [0.29, 0.717) is 6.42 Å². The van der Waals surface area contributed by atoms with E-state index in [4.69, 9.17) is 0 Å². The number of carbonyl (C=O) groups excluding carboxylic acids is 1. The van der Waals surface area contributed by atoms with Gasteiger partial charge in [-0.1, -0.05) is 315 Å². The van der Waals surface area contributed by atoms with Gasteiger partial charge in [0.25, 0.3) is 0 Å². The molecule has 0 saturated heterocycles. The highest BCUT2D eigenvalue weighted by Gasteiger charge is 2.18. The van der Waals surface area contributed by atoms with E-state index in [2.05, 4.69) is 19.2 Å². The number of hydrogen-bond acceptors (Lipinski definition) is 3. The summed E-state index contributed by atoms with van der Waals surface area (Å²) in [4.78, 5) is 12.5. The number of aliphatic hydroxyl groups is 2. The van der Waals surface area contributed by atoms with Crippen molar-refractivity contribution in [3.05, 3.63) is 12.2 Å². The van der Waals surface area contributed by atoms with Crippen LogP contribution in [0.25, 0.3) is 0 Å². The third-order valence-corrected chi connectivity index (χ3v) is 13.5. The van der Waals surface area contributed by atoms with Crippen molar-refractivity contribution >= 4 is 5.91 Å². The minimum atomic E-state index is -0.835. The average molecular weight is 861 g/mol. The topological polar surface area (TPSA) is 69.6 Å². The first kappa shape index (κ1) is 60.1. The fourth-order valence-electron chi connectivity index (χ4n) is 9.18. The molecule has 0 aliphatic heterocycles. The Morgan fingerprint density at radius 3 is 0.852 bits per heavy atom. The van der Waals surface area contributed by atoms with Crippen molar-refractivity contribution in [3.63, 3.8) is 0 Å². The van der Waals surface area contributed by atoms with Gasteiger partial charge in [0.05, 0.1) is 18.8 Å². The lowest BCUT2D eigenvalue weighted by Crippen LogP contribution is -2.45. The van der Waals surface area contributed by atoms with E-state index in [1.165, 1.54) is 283 Å². The smallest absolute Gasteiger partial charge is 0.220 e. The number of rotatable bonds is 53. The first-order valence-corrected chi connectivity index (χ1v) is 28.4. The van der Waals surface area contributed by atoms with Crippen LogP contribution in [0.3, 0.4) is 0 Å². The summed E-state index contributed by atoms with van der Waals surface area (Å²) < 4.78 is 0. The van der Waals surface area contributed by atoms with E-state index in [-0.39, 0.29) is 12.5 Å². The van der Waals surface area contributed by atoms with Crippen molar-refractivity contribution in [2.45, 2.75) is 341 Å². The molecule has 2 atom stereocenters. The molecule has 4 heteroatoms.